The van der Waals surface area contributed by atoms with Crippen LogP contribution in [-0.2, 0) is 0 Å². The number of nitrogens with one attached hydrogen (secondary N) is 2. The number of hydrogen-bond donors (Lipinski definition) is 2. The molecular weight excluding hydrogens is 310 g/mol. The first-order valence-corrected chi connectivity index (χ1v) is 7.67. The maximum atomic E-state index is 10.6. The highest BCUT2D eigenvalue weighted by Gasteiger charge is 2.10. The van der Waals surface area contributed by atoms with Crippen LogP contribution in [0.25, 0.3) is 0 Å². The molecule has 0 unspecified atom stereocenters. The molecule has 0 amide bonds. The molecule has 0 saturated carbocycles. The Kier molecular flexibility index (Phi) is 5.28. The van der Waals surface area contributed by atoms with Crippen molar-refractivity contribution in [1.29, 1.82) is 0 Å². The zero-order chi connectivity index (χ0) is 17.0. The van der Waals surface area contributed by atoms with Gasteiger partial charge in [0, 0.05) is 17.8 Å². The van der Waals surface area contributed by atoms with Crippen molar-refractivity contribution in [1.82, 2.24) is 5.32 Å². The van der Waals surface area contributed by atoms with Gasteiger partial charge < -0.3 is 10.6 Å². The van der Waals surface area contributed by atoms with E-state index in [9.17, 15) is 10.1 Å². The number of rotatable bonds is 4. The molecule has 0 saturated heterocycles. The van der Waals surface area contributed by atoms with Crippen LogP contribution < -0.4 is 10.6 Å². The van der Waals surface area contributed by atoms with Crippen LogP contribution in [0.2, 0.25) is 0 Å². The molecular formula is C17H19N3O2S. The van der Waals surface area contributed by atoms with E-state index in [4.69, 9.17) is 12.2 Å². The molecule has 0 radical (unpaired) electrons. The first-order valence-electron chi connectivity index (χ1n) is 7.26. The molecule has 2 aromatic rings. The molecule has 120 valence electrons. The van der Waals surface area contributed by atoms with Gasteiger partial charge in [0.1, 0.15) is 0 Å². The van der Waals surface area contributed by atoms with Crippen molar-refractivity contribution >= 4 is 28.7 Å². The zero-order valence-corrected chi connectivity index (χ0v) is 14.1. The van der Waals surface area contributed by atoms with E-state index in [1.54, 1.807) is 12.1 Å². The van der Waals surface area contributed by atoms with E-state index in [0.29, 0.717) is 10.8 Å². The van der Waals surface area contributed by atoms with E-state index >= 15 is 0 Å². The van der Waals surface area contributed by atoms with Gasteiger partial charge in [-0.15, -0.1) is 0 Å². The lowest BCUT2D eigenvalue weighted by molar-refractivity contribution is -0.384. The van der Waals surface area contributed by atoms with Crippen LogP contribution in [0.1, 0.15) is 29.7 Å². The number of nitro benzene ring substituents is 1. The summed E-state index contributed by atoms with van der Waals surface area (Å²) >= 11 is 5.32. The maximum absolute atomic E-state index is 10.6. The Balaban J connectivity index is 2.01. The van der Waals surface area contributed by atoms with Crippen molar-refractivity contribution in [3.63, 3.8) is 0 Å². The van der Waals surface area contributed by atoms with Crippen LogP contribution in [0.3, 0.4) is 0 Å². The maximum Gasteiger partial charge on any atom is 0.269 e. The molecule has 0 aliphatic heterocycles. The van der Waals surface area contributed by atoms with Crippen LogP contribution in [0, 0.1) is 24.0 Å². The standard InChI is InChI=1S/C17H19N3O2S/c1-11-4-5-12(2)16(10-11)13(3)18-17(23)19-14-6-8-15(9-7-14)20(21)22/h4-10,13H,1-3H3,(H2,18,19,23)/t13-/m0/s1. The van der Waals surface area contributed by atoms with Gasteiger partial charge in [0.25, 0.3) is 5.69 Å². The molecule has 0 bridgehead atoms. The first-order chi connectivity index (χ1) is 10.9. The lowest BCUT2D eigenvalue weighted by atomic mass is 10.0. The van der Waals surface area contributed by atoms with E-state index in [2.05, 4.69) is 42.7 Å². The second kappa shape index (κ2) is 7.19. The summed E-state index contributed by atoms with van der Waals surface area (Å²) in [6.45, 7) is 6.18. The van der Waals surface area contributed by atoms with Crippen LogP contribution in [0.5, 0.6) is 0 Å². The normalized spacial score (nSPS) is 11.6. The van der Waals surface area contributed by atoms with E-state index < -0.39 is 4.92 Å². The highest BCUT2D eigenvalue weighted by molar-refractivity contribution is 7.80. The second-order valence-electron chi connectivity index (χ2n) is 5.48. The Labute approximate surface area is 140 Å². The van der Waals surface area contributed by atoms with E-state index in [1.165, 1.54) is 28.8 Å². The van der Waals surface area contributed by atoms with Gasteiger partial charge >= 0.3 is 0 Å². The van der Waals surface area contributed by atoms with Gasteiger partial charge in [0.15, 0.2) is 5.11 Å². The Morgan fingerprint density at radius 2 is 1.83 bits per heavy atom. The molecule has 0 aliphatic carbocycles. The highest BCUT2D eigenvalue weighted by atomic mass is 32.1. The van der Waals surface area contributed by atoms with Gasteiger partial charge in [-0.3, -0.25) is 10.1 Å². The van der Waals surface area contributed by atoms with Crippen molar-refractivity contribution in [2.75, 3.05) is 5.32 Å². The van der Waals surface area contributed by atoms with E-state index in [-0.39, 0.29) is 11.7 Å². The summed E-state index contributed by atoms with van der Waals surface area (Å²) in [6.07, 6.45) is 0. The topological polar surface area (TPSA) is 67.2 Å². The summed E-state index contributed by atoms with van der Waals surface area (Å²) in [5.74, 6) is 0. The lowest BCUT2D eigenvalue weighted by Crippen LogP contribution is -2.31. The number of hydrogen-bond acceptors (Lipinski definition) is 3. The predicted molar refractivity (Wildman–Crippen MR) is 96.8 cm³/mol. The highest BCUT2D eigenvalue weighted by Crippen LogP contribution is 2.19. The smallest absolute Gasteiger partial charge is 0.269 e. The third kappa shape index (κ3) is 4.50. The minimum Gasteiger partial charge on any atom is -0.356 e. The number of non-ortho nitro benzene ring substituents is 1. The summed E-state index contributed by atoms with van der Waals surface area (Å²) < 4.78 is 0. The van der Waals surface area contributed by atoms with Crippen LogP contribution in [0.4, 0.5) is 11.4 Å². The SMILES string of the molecule is Cc1ccc(C)c([C@H](C)NC(=S)Nc2ccc([N+](=O)[O-])cc2)c1. The Hall–Kier alpha value is -2.47. The lowest BCUT2D eigenvalue weighted by Gasteiger charge is -2.19. The molecule has 23 heavy (non-hydrogen) atoms. The van der Waals surface area contributed by atoms with Gasteiger partial charge in [0.05, 0.1) is 11.0 Å². The van der Waals surface area contributed by atoms with Crippen molar-refractivity contribution in [3.8, 4) is 0 Å². The largest absolute Gasteiger partial charge is 0.356 e. The summed E-state index contributed by atoms with van der Waals surface area (Å²) in [5.41, 5.74) is 4.36. The van der Waals surface area contributed by atoms with Gasteiger partial charge in [-0.25, -0.2) is 0 Å². The average molecular weight is 329 g/mol. The van der Waals surface area contributed by atoms with Crippen LogP contribution in [0.15, 0.2) is 42.5 Å². The van der Waals surface area contributed by atoms with E-state index in [0.717, 1.165) is 0 Å². The molecule has 0 aromatic heterocycles. The molecule has 2 N–H and O–H groups in total. The van der Waals surface area contributed by atoms with Crippen LogP contribution in [-0.4, -0.2) is 10.0 Å². The molecule has 2 aromatic carbocycles. The van der Waals surface area contributed by atoms with Gasteiger partial charge in [-0.2, -0.15) is 0 Å². The summed E-state index contributed by atoms with van der Waals surface area (Å²) in [4.78, 5) is 10.2. The summed E-state index contributed by atoms with van der Waals surface area (Å²) in [6, 6.07) is 12.5. The molecule has 2 rings (SSSR count). The monoisotopic (exact) mass is 329 g/mol. The number of anilines is 1. The molecule has 5 nitrogen and oxygen atoms in total. The van der Waals surface area contributed by atoms with Gasteiger partial charge in [-0.05, 0) is 56.2 Å². The fraction of sp³-hybridized carbons (Fsp3) is 0.235. The fourth-order valence-corrected chi connectivity index (χ4v) is 2.63. The number of aryl methyl sites for hydroxylation is 2. The molecule has 0 heterocycles. The van der Waals surface area contributed by atoms with Crippen LogP contribution >= 0.6 is 12.2 Å². The molecule has 1 atom stereocenters. The predicted octanol–water partition coefficient (Wildman–Crippen LogP) is 4.26. The minimum atomic E-state index is -0.428. The quantitative estimate of drug-likeness (QED) is 0.498. The minimum absolute atomic E-state index is 0.0539. The Bertz CT molecular complexity index is 729. The third-order valence-electron chi connectivity index (χ3n) is 3.58. The van der Waals surface area contributed by atoms with Crippen molar-refractivity contribution in [2.45, 2.75) is 26.8 Å². The molecule has 0 spiro atoms. The van der Waals surface area contributed by atoms with Gasteiger partial charge in [0.2, 0.25) is 0 Å². The van der Waals surface area contributed by atoms with Crippen molar-refractivity contribution in [2.24, 2.45) is 0 Å². The second-order valence-corrected chi connectivity index (χ2v) is 5.89. The van der Waals surface area contributed by atoms with Crippen molar-refractivity contribution in [3.05, 3.63) is 69.3 Å². The Morgan fingerprint density at radius 3 is 2.43 bits per heavy atom. The summed E-state index contributed by atoms with van der Waals surface area (Å²) in [5, 5.41) is 17.4. The molecule has 6 heteroatoms. The van der Waals surface area contributed by atoms with Crippen molar-refractivity contribution < 1.29 is 4.92 Å². The number of nitro groups is 1. The van der Waals surface area contributed by atoms with E-state index in [1.807, 2.05) is 6.92 Å². The number of thiocarbonyl (C=S) groups is 1. The fourth-order valence-electron chi connectivity index (χ4n) is 2.33. The third-order valence-corrected chi connectivity index (χ3v) is 3.80. The van der Waals surface area contributed by atoms with Gasteiger partial charge in [-0.1, -0.05) is 23.8 Å². The first kappa shape index (κ1) is 16.9. The Morgan fingerprint density at radius 1 is 1.17 bits per heavy atom. The summed E-state index contributed by atoms with van der Waals surface area (Å²) in [7, 11) is 0. The average Bonchev–Trinajstić information content (AvgIpc) is 2.50. The zero-order valence-electron chi connectivity index (χ0n) is 13.3. The number of nitrogens with zero attached hydrogens (tertiary/aromatic N) is 1. The number of benzene rings is 2. The molecule has 0 fully saturated rings. The molecule has 0 aliphatic rings.